The zero-order chi connectivity index (χ0) is 19.4. The highest BCUT2D eigenvalue weighted by atomic mass is 16.5. The fourth-order valence-corrected chi connectivity index (χ4v) is 3.81. The SMILES string of the molecule is CCOC(=O)C1=C(C[NH+]2CC[NH+](C)CC2)NC(=O)N[C@H]1c1ccccc1C. The number of benzene rings is 1. The van der Waals surface area contributed by atoms with Gasteiger partial charge in [0.05, 0.1) is 31.0 Å². The maximum Gasteiger partial charge on any atom is 0.338 e. The number of nitrogens with one attached hydrogen (secondary N) is 4. The summed E-state index contributed by atoms with van der Waals surface area (Å²) in [5.41, 5.74) is 3.15. The molecular formula is C20H30N4O3+2. The molecule has 146 valence electrons. The van der Waals surface area contributed by atoms with Crippen LogP contribution in [0.5, 0.6) is 0 Å². The van der Waals surface area contributed by atoms with Crippen molar-refractivity contribution in [2.75, 3.05) is 46.4 Å². The molecule has 0 aliphatic carbocycles. The Labute approximate surface area is 160 Å². The van der Waals surface area contributed by atoms with Crippen molar-refractivity contribution in [1.82, 2.24) is 10.6 Å². The summed E-state index contributed by atoms with van der Waals surface area (Å²) in [6.07, 6.45) is 0. The number of hydrogen-bond acceptors (Lipinski definition) is 3. The van der Waals surface area contributed by atoms with Crippen molar-refractivity contribution in [3.63, 3.8) is 0 Å². The second-order valence-corrected chi connectivity index (χ2v) is 7.38. The van der Waals surface area contributed by atoms with Gasteiger partial charge in [0.1, 0.15) is 32.7 Å². The zero-order valence-electron chi connectivity index (χ0n) is 16.4. The highest BCUT2D eigenvalue weighted by Gasteiger charge is 2.36. The smallest absolute Gasteiger partial charge is 0.338 e. The number of esters is 1. The van der Waals surface area contributed by atoms with Crippen molar-refractivity contribution in [1.29, 1.82) is 0 Å². The van der Waals surface area contributed by atoms with Crippen molar-refractivity contribution < 1.29 is 24.1 Å². The first-order chi connectivity index (χ1) is 13.0. The van der Waals surface area contributed by atoms with Crippen molar-refractivity contribution in [3.05, 3.63) is 46.7 Å². The van der Waals surface area contributed by atoms with Crippen molar-refractivity contribution in [2.24, 2.45) is 0 Å². The van der Waals surface area contributed by atoms with Crippen molar-refractivity contribution in [3.8, 4) is 0 Å². The summed E-state index contributed by atoms with van der Waals surface area (Å²) in [5, 5.41) is 5.80. The quantitative estimate of drug-likeness (QED) is 0.478. The standard InChI is InChI=1S/C20H28N4O3/c1-4-27-19(25)17-16(13-24-11-9-23(3)10-12-24)21-20(26)22-18(17)15-8-6-5-7-14(15)2/h5-8,18H,4,9-13H2,1-3H3,(H2,21,22,26)/p+2/t18-/m0/s1. The molecule has 0 bridgehead atoms. The Kier molecular flexibility index (Phi) is 6.13. The predicted molar refractivity (Wildman–Crippen MR) is 101 cm³/mol. The molecule has 1 fully saturated rings. The molecule has 0 unspecified atom stereocenters. The Morgan fingerprint density at radius 1 is 1.22 bits per heavy atom. The Morgan fingerprint density at radius 2 is 1.93 bits per heavy atom. The first kappa shape index (κ1) is 19.4. The molecule has 1 saturated heterocycles. The minimum absolute atomic E-state index is 0.273. The molecule has 0 saturated carbocycles. The van der Waals surface area contributed by atoms with Crippen LogP contribution in [0.3, 0.4) is 0 Å². The lowest BCUT2D eigenvalue weighted by Gasteiger charge is -2.33. The van der Waals surface area contributed by atoms with Crippen LogP contribution in [-0.4, -0.2) is 58.4 Å². The normalized spacial score (nSPS) is 25.6. The van der Waals surface area contributed by atoms with Crippen LogP contribution in [0, 0.1) is 6.92 Å². The molecule has 2 amide bonds. The third-order valence-corrected chi connectivity index (χ3v) is 5.39. The molecule has 27 heavy (non-hydrogen) atoms. The topological polar surface area (TPSA) is 76.3 Å². The fourth-order valence-electron chi connectivity index (χ4n) is 3.81. The van der Waals surface area contributed by atoms with E-state index in [0.717, 1.165) is 37.3 Å². The van der Waals surface area contributed by atoms with Gasteiger partial charge in [-0.3, -0.25) is 0 Å². The third-order valence-electron chi connectivity index (χ3n) is 5.39. The number of aryl methyl sites for hydroxylation is 1. The van der Waals surface area contributed by atoms with Gasteiger partial charge in [0.25, 0.3) is 0 Å². The molecule has 1 atom stereocenters. The number of quaternary nitrogens is 2. The summed E-state index contributed by atoms with van der Waals surface area (Å²) >= 11 is 0. The number of carbonyl (C=O) groups excluding carboxylic acids is 2. The van der Waals surface area contributed by atoms with Gasteiger partial charge in [-0.25, -0.2) is 9.59 Å². The van der Waals surface area contributed by atoms with E-state index in [2.05, 4.69) is 17.7 Å². The van der Waals surface area contributed by atoms with E-state index in [1.807, 2.05) is 31.2 Å². The molecule has 2 heterocycles. The third kappa shape index (κ3) is 4.48. The molecule has 2 aliphatic heterocycles. The summed E-state index contributed by atoms with van der Waals surface area (Å²) in [6.45, 7) is 8.92. The number of ether oxygens (including phenoxy) is 1. The van der Waals surface area contributed by atoms with Crippen LogP contribution in [0.2, 0.25) is 0 Å². The Morgan fingerprint density at radius 3 is 2.59 bits per heavy atom. The number of likely N-dealkylation sites (N-methyl/N-ethyl adjacent to an activating group) is 1. The van der Waals surface area contributed by atoms with E-state index in [4.69, 9.17) is 4.74 Å². The maximum atomic E-state index is 12.8. The number of hydrogen-bond donors (Lipinski definition) is 4. The van der Waals surface area contributed by atoms with Crippen LogP contribution < -0.4 is 20.4 Å². The molecule has 2 aliphatic rings. The highest BCUT2D eigenvalue weighted by Crippen LogP contribution is 2.29. The van der Waals surface area contributed by atoms with Crippen LogP contribution in [0.1, 0.15) is 24.1 Å². The predicted octanol–water partition coefficient (Wildman–Crippen LogP) is -1.42. The highest BCUT2D eigenvalue weighted by molar-refractivity contribution is 5.95. The Hall–Kier alpha value is -2.38. The molecule has 0 aromatic heterocycles. The lowest BCUT2D eigenvalue weighted by Crippen LogP contribution is -3.27. The first-order valence-corrected chi connectivity index (χ1v) is 9.67. The van der Waals surface area contributed by atoms with Gasteiger partial charge in [-0.2, -0.15) is 0 Å². The van der Waals surface area contributed by atoms with Gasteiger partial charge in [0, 0.05) is 0 Å². The van der Waals surface area contributed by atoms with Gasteiger partial charge in [-0.05, 0) is 25.0 Å². The summed E-state index contributed by atoms with van der Waals surface area (Å²) in [7, 11) is 2.20. The average molecular weight is 374 g/mol. The molecule has 1 aromatic carbocycles. The molecule has 1 aromatic rings. The van der Waals surface area contributed by atoms with E-state index in [1.165, 1.54) is 9.80 Å². The van der Waals surface area contributed by atoms with Gasteiger partial charge in [-0.15, -0.1) is 0 Å². The minimum atomic E-state index is -0.494. The maximum absolute atomic E-state index is 12.8. The number of piperazine rings is 1. The average Bonchev–Trinajstić information content (AvgIpc) is 2.63. The minimum Gasteiger partial charge on any atom is -0.463 e. The molecular weight excluding hydrogens is 344 g/mol. The van der Waals surface area contributed by atoms with Gasteiger partial charge in [-0.1, -0.05) is 24.3 Å². The van der Waals surface area contributed by atoms with Crippen LogP contribution >= 0.6 is 0 Å². The first-order valence-electron chi connectivity index (χ1n) is 9.67. The lowest BCUT2D eigenvalue weighted by molar-refractivity contribution is -1.00. The second-order valence-electron chi connectivity index (χ2n) is 7.38. The largest absolute Gasteiger partial charge is 0.463 e. The number of rotatable bonds is 5. The van der Waals surface area contributed by atoms with E-state index in [0.29, 0.717) is 24.4 Å². The molecule has 0 spiro atoms. The molecule has 3 rings (SSSR count). The molecule has 7 nitrogen and oxygen atoms in total. The number of carbonyl (C=O) groups is 2. The Balaban J connectivity index is 1.97. The summed E-state index contributed by atoms with van der Waals surface area (Å²) < 4.78 is 5.34. The molecule has 4 N–H and O–H groups in total. The zero-order valence-corrected chi connectivity index (χ0v) is 16.4. The Bertz CT molecular complexity index is 738. The van der Waals surface area contributed by atoms with E-state index in [-0.39, 0.29) is 12.0 Å². The van der Waals surface area contributed by atoms with E-state index < -0.39 is 6.04 Å². The van der Waals surface area contributed by atoms with Crippen molar-refractivity contribution >= 4 is 12.0 Å². The van der Waals surface area contributed by atoms with Gasteiger partial charge in [0.15, 0.2) is 0 Å². The van der Waals surface area contributed by atoms with E-state index in [9.17, 15) is 9.59 Å². The summed E-state index contributed by atoms with van der Waals surface area (Å²) in [5.74, 6) is -0.368. The van der Waals surface area contributed by atoms with Crippen molar-refractivity contribution in [2.45, 2.75) is 19.9 Å². The lowest BCUT2D eigenvalue weighted by atomic mass is 9.92. The molecule has 7 heteroatoms. The number of urea groups is 1. The second kappa shape index (κ2) is 8.54. The van der Waals surface area contributed by atoms with Crippen LogP contribution in [-0.2, 0) is 9.53 Å². The monoisotopic (exact) mass is 374 g/mol. The van der Waals surface area contributed by atoms with Gasteiger partial charge < -0.3 is 25.2 Å². The number of amides is 2. The van der Waals surface area contributed by atoms with Gasteiger partial charge in [0.2, 0.25) is 0 Å². The summed E-state index contributed by atoms with van der Waals surface area (Å²) in [4.78, 5) is 28.1. The van der Waals surface area contributed by atoms with Crippen LogP contribution in [0.25, 0.3) is 0 Å². The van der Waals surface area contributed by atoms with Crippen LogP contribution in [0.15, 0.2) is 35.5 Å². The van der Waals surface area contributed by atoms with E-state index in [1.54, 1.807) is 6.92 Å². The summed E-state index contributed by atoms with van der Waals surface area (Å²) in [6, 6.07) is 7.05. The van der Waals surface area contributed by atoms with Crippen LogP contribution in [0.4, 0.5) is 4.79 Å². The van der Waals surface area contributed by atoms with E-state index >= 15 is 0 Å². The van der Waals surface area contributed by atoms with Gasteiger partial charge >= 0.3 is 12.0 Å². The fraction of sp³-hybridized carbons (Fsp3) is 0.500. The molecule has 0 radical (unpaired) electrons.